The Morgan fingerprint density at radius 3 is 2.33 bits per heavy atom. The van der Waals surface area contributed by atoms with Crippen LogP contribution in [0.15, 0.2) is 51.8 Å². The second kappa shape index (κ2) is 9.28. The molecule has 1 aliphatic rings. The fourth-order valence-corrected chi connectivity index (χ4v) is 5.19. The fourth-order valence-electron chi connectivity index (χ4n) is 3.08. The maximum atomic E-state index is 12.6. The van der Waals surface area contributed by atoms with Crippen LogP contribution in [0, 0.1) is 6.92 Å². The second-order valence-electron chi connectivity index (χ2n) is 7.16. The molecule has 0 spiro atoms. The Labute approximate surface area is 184 Å². The quantitative estimate of drug-likeness (QED) is 0.617. The molecule has 160 valence electrons. The third-order valence-electron chi connectivity index (χ3n) is 4.83. The van der Waals surface area contributed by atoms with Gasteiger partial charge in [-0.2, -0.15) is 4.31 Å². The first-order chi connectivity index (χ1) is 14.2. The number of carbonyl (C=O) groups excluding carboxylic acids is 2. The molecular formula is C21H23BrN2O5S. The molecule has 0 saturated carbocycles. The van der Waals surface area contributed by atoms with Crippen LogP contribution >= 0.6 is 15.9 Å². The summed E-state index contributed by atoms with van der Waals surface area (Å²) in [6, 6.07) is 11.0. The van der Waals surface area contributed by atoms with Crippen molar-refractivity contribution in [3.8, 4) is 0 Å². The Kier molecular flexibility index (Phi) is 6.95. The van der Waals surface area contributed by atoms with Crippen LogP contribution in [0.1, 0.15) is 35.7 Å². The average Bonchev–Trinajstić information content (AvgIpc) is 3.26. The maximum Gasteiger partial charge on any atom is 0.338 e. The van der Waals surface area contributed by atoms with E-state index >= 15 is 0 Å². The van der Waals surface area contributed by atoms with Gasteiger partial charge in [-0.25, -0.2) is 13.2 Å². The number of rotatable bonds is 6. The van der Waals surface area contributed by atoms with Gasteiger partial charge in [0, 0.05) is 17.6 Å². The molecule has 1 heterocycles. The van der Waals surface area contributed by atoms with Gasteiger partial charge in [0.2, 0.25) is 10.0 Å². The zero-order valence-corrected chi connectivity index (χ0v) is 19.1. The number of ether oxygens (including phenoxy) is 1. The highest BCUT2D eigenvalue weighted by Crippen LogP contribution is 2.24. The number of aryl methyl sites for hydroxylation is 1. The van der Waals surface area contributed by atoms with E-state index in [-0.39, 0.29) is 10.5 Å². The number of anilines is 1. The van der Waals surface area contributed by atoms with Crippen LogP contribution in [0.4, 0.5) is 5.69 Å². The van der Waals surface area contributed by atoms with Gasteiger partial charge in [-0.3, -0.25) is 4.79 Å². The number of nitrogens with one attached hydrogen (secondary N) is 1. The first-order valence-electron chi connectivity index (χ1n) is 9.56. The summed E-state index contributed by atoms with van der Waals surface area (Å²) in [6.07, 6.45) is 0.671. The van der Waals surface area contributed by atoms with E-state index in [0.717, 1.165) is 22.9 Å². The SMILES string of the molecule is Cc1ccc(NC(=O)C(C)OC(=O)c2ccc(S(=O)(=O)N3CCCC3)cc2)c(Br)c1. The van der Waals surface area contributed by atoms with Gasteiger partial charge in [0.1, 0.15) is 0 Å². The molecule has 1 unspecified atom stereocenters. The molecule has 1 fully saturated rings. The fraction of sp³-hybridized carbons (Fsp3) is 0.333. The zero-order chi connectivity index (χ0) is 21.9. The molecule has 2 aromatic rings. The third kappa shape index (κ3) is 5.08. The summed E-state index contributed by atoms with van der Waals surface area (Å²) in [5, 5.41) is 2.71. The van der Waals surface area contributed by atoms with Crippen molar-refractivity contribution in [2.75, 3.05) is 18.4 Å². The topological polar surface area (TPSA) is 92.8 Å². The summed E-state index contributed by atoms with van der Waals surface area (Å²) < 4.78 is 32.5. The molecule has 1 amide bonds. The van der Waals surface area contributed by atoms with Gasteiger partial charge in [0.15, 0.2) is 6.10 Å². The Morgan fingerprint density at radius 1 is 1.10 bits per heavy atom. The van der Waals surface area contributed by atoms with Gasteiger partial charge in [-0.1, -0.05) is 6.07 Å². The van der Waals surface area contributed by atoms with E-state index in [0.29, 0.717) is 18.8 Å². The van der Waals surface area contributed by atoms with E-state index < -0.39 is 28.0 Å². The number of amides is 1. The minimum Gasteiger partial charge on any atom is -0.449 e. The Hall–Kier alpha value is -2.23. The first-order valence-corrected chi connectivity index (χ1v) is 11.8. The summed E-state index contributed by atoms with van der Waals surface area (Å²) in [5.41, 5.74) is 1.78. The predicted octanol–water partition coefficient (Wildman–Crippen LogP) is 3.73. The van der Waals surface area contributed by atoms with Crippen molar-refractivity contribution in [3.05, 3.63) is 58.1 Å². The lowest BCUT2D eigenvalue weighted by Gasteiger charge is -2.16. The lowest BCUT2D eigenvalue weighted by atomic mass is 10.2. The van der Waals surface area contributed by atoms with Gasteiger partial charge in [-0.05, 0) is 84.6 Å². The molecule has 0 aliphatic carbocycles. The van der Waals surface area contributed by atoms with E-state index in [9.17, 15) is 18.0 Å². The number of halogens is 1. The van der Waals surface area contributed by atoms with Crippen molar-refractivity contribution in [3.63, 3.8) is 0 Å². The second-order valence-corrected chi connectivity index (χ2v) is 9.95. The van der Waals surface area contributed by atoms with Gasteiger partial charge in [0.05, 0.1) is 16.1 Å². The maximum absolute atomic E-state index is 12.6. The minimum absolute atomic E-state index is 0.135. The highest BCUT2D eigenvalue weighted by molar-refractivity contribution is 9.10. The van der Waals surface area contributed by atoms with E-state index in [4.69, 9.17) is 4.74 Å². The van der Waals surface area contributed by atoms with Crippen molar-refractivity contribution >= 4 is 43.5 Å². The number of benzene rings is 2. The van der Waals surface area contributed by atoms with Crippen molar-refractivity contribution < 1.29 is 22.7 Å². The first kappa shape index (κ1) is 22.5. The standard InChI is InChI=1S/C21H23BrN2O5S/c1-14-5-10-19(18(22)13-14)23-20(25)15(2)29-21(26)16-6-8-17(9-7-16)30(27,28)24-11-3-4-12-24/h5-10,13,15H,3-4,11-12H2,1-2H3,(H,23,25). The van der Waals surface area contributed by atoms with Gasteiger partial charge in [0.25, 0.3) is 5.91 Å². The molecule has 1 aliphatic heterocycles. The lowest BCUT2D eigenvalue weighted by molar-refractivity contribution is -0.123. The van der Waals surface area contributed by atoms with E-state index in [1.807, 2.05) is 19.1 Å². The van der Waals surface area contributed by atoms with Crippen LogP contribution in [0.2, 0.25) is 0 Å². The smallest absolute Gasteiger partial charge is 0.338 e. The van der Waals surface area contributed by atoms with Crippen LogP contribution < -0.4 is 5.32 Å². The molecule has 1 atom stereocenters. The van der Waals surface area contributed by atoms with Crippen molar-refractivity contribution in [2.24, 2.45) is 0 Å². The molecule has 0 radical (unpaired) electrons. The Balaban J connectivity index is 1.63. The van der Waals surface area contributed by atoms with Crippen LogP contribution in [-0.2, 0) is 19.6 Å². The molecule has 3 rings (SSSR count). The van der Waals surface area contributed by atoms with Crippen LogP contribution in [-0.4, -0.2) is 43.8 Å². The summed E-state index contributed by atoms with van der Waals surface area (Å²) in [7, 11) is -3.55. The van der Waals surface area contributed by atoms with E-state index in [2.05, 4.69) is 21.2 Å². The predicted molar refractivity (Wildman–Crippen MR) is 117 cm³/mol. The number of sulfonamides is 1. The Morgan fingerprint density at radius 2 is 1.73 bits per heavy atom. The van der Waals surface area contributed by atoms with Crippen molar-refractivity contribution in [1.29, 1.82) is 0 Å². The van der Waals surface area contributed by atoms with Crippen LogP contribution in [0.3, 0.4) is 0 Å². The van der Waals surface area contributed by atoms with E-state index in [1.165, 1.54) is 35.5 Å². The molecule has 0 aromatic heterocycles. The van der Waals surface area contributed by atoms with Crippen molar-refractivity contribution in [1.82, 2.24) is 4.31 Å². The zero-order valence-electron chi connectivity index (χ0n) is 16.7. The summed E-state index contributed by atoms with van der Waals surface area (Å²) in [5.74, 6) is -1.17. The highest BCUT2D eigenvalue weighted by Gasteiger charge is 2.27. The number of nitrogens with zero attached hydrogens (tertiary/aromatic N) is 1. The molecule has 7 nitrogen and oxygen atoms in total. The average molecular weight is 495 g/mol. The van der Waals surface area contributed by atoms with Gasteiger partial charge >= 0.3 is 5.97 Å². The van der Waals surface area contributed by atoms with Crippen molar-refractivity contribution in [2.45, 2.75) is 37.7 Å². The molecular weight excluding hydrogens is 472 g/mol. The minimum atomic E-state index is -3.55. The Bertz CT molecular complexity index is 1050. The number of carbonyl (C=O) groups is 2. The highest BCUT2D eigenvalue weighted by atomic mass is 79.9. The number of hydrogen-bond acceptors (Lipinski definition) is 5. The lowest BCUT2D eigenvalue weighted by Crippen LogP contribution is -2.30. The van der Waals surface area contributed by atoms with Gasteiger partial charge < -0.3 is 10.1 Å². The largest absolute Gasteiger partial charge is 0.449 e. The molecule has 2 aromatic carbocycles. The number of hydrogen-bond donors (Lipinski definition) is 1. The summed E-state index contributed by atoms with van der Waals surface area (Å²) >= 11 is 3.38. The van der Waals surface area contributed by atoms with Crippen LogP contribution in [0.5, 0.6) is 0 Å². The normalized spacial score (nSPS) is 15.6. The van der Waals surface area contributed by atoms with E-state index in [1.54, 1.807) is 6.07 Å². The third-order valence-corrected chi connectivity index (χ3v) is 7.40. The molecule has 1 saturated heterocycles. The monoisotopic (exact) mass is 494 g/mol. The molecule has 9 heteroatoms. The number of esters is 1. The summed E-state index contributed by atoms with van der Waals surface area (Å²) in [4.78, 5) is 24.9. The molecule has 1 N–H and O–H groups in total. The van der Waals surface area contributed by atoms with Gasteiger partial charge in [-0.15, -0.1) is 0 Å². The molecule has 30 heavy (non-hydrogen) atoms. The van der Waals surface area contributed by atoms with Crippen LogP contribution in [0.25, 0.3) is 0 Å². The molecule has 0 bridgehead atoms. The summed E-state index contributed by atoms with van der Waals surface area (Å²) in [6.45, 7) is 4.43.